The van der Waals surface area contributed by atoms with E-state index in [0.717, 1.165) is 5.92 Å². The van der Waals surface area contributed by atoms with Crippen LogP contribution in [0.1, 0.15) is 55.2 Å². The molecule has 1 aromatic carbocycles. The van der Waals surface area contributed by atoms with Crippen LogP contribution in [0.3, 0.4) is 0 Å². The minimum absolute atomic E-state index is 0.371. The number of hydrogen-bond donors (Lipinski definition) is 0. The summed E-state index contributed by atoms with van der Waals surface area (Å²) < 4.78 is 2.38. The molecule has 3 heteroatoms. The molecule has 0 saturated carbocycles. The van der Waals surface area contributed by atoms with E-state index in [1.54, 1.807) is 11.1 Å². The number of aryl methyl sites for hydroxylation is 2. The Morgan fingerprint density at radius 3 is 2.06 bits per heavy atom. The molecule has 0 bridgehead atoms. The van der Waals surface area contributed by atoms with Crippen molar-refractivity contribution in [3.05, 3.63) is 53.2 Å². The van der Waals surface area contributed by atoms with Gasteiger partial charge in [-0.3, -0.25) is 0 Å². The maximum Gasteiger partial charge on any atom is 0.212 e. The summed E-state index contributed by atoms with van der Waals surface area (Å²) in [6.07, 6.45) is 7.94. The van der Waals surface area contributed by atoms with Gasteiger partial charge >= 0.3 is 0 Å². The Morgan fingerprint density at radius 1 is 0.871 bits per heavy atom. The zero-order valence-electron chi connectivity index (χ0n) is 21.1. The predicted octanol–water partition coefficient (Wildman–Crippen LogP) is 7.83. The van der Waals surface area contributed by atoms with Gasteiger partial charge in [-0.25, -0.2) is 4.57 Å². The van der Waals surface area contributed by atoms with Crippen LogP contribution >= 0.6 is 0 Å². The first-order valence-electron chi connectivity index (χ1n) is 12.6. The molecule has 2 aliphatic rings. The van der Waals surface area contributed by atoms with Gasteiger partial charge in [0, 0.05) is 33.3 Å². The van der Waals surface area contributed by atoms with Gasteiger partial charge in [-0.2, -0.15) is 0 Å². The Morgan fingerprint density at radius 2 is 1.48 bits per heavy atom. The van der Waals surface area contributed by atoms with Gasteiger partial charge in [0.15, 0.2) is 6.20 Å². The largest absolute Gasteiger partial charge is 0.212 e. The lowest BCUT2D eigenvalue weighted by atomic mass is 9.76. The molecular weight excluding hydrogens is 406 g/mol. The maximum atomic E-state index is 2.57. The second kappa shape index (κ2) is 8.30. The van der Waals surface area contributed by atoms with Crippen LogP contribution in [0.4, 0.5) is 0 Å². The number of nitrogens with zero attached hydrogens (tertiary/aromatic N) is 1. The summed E-state index contributed by atoms with van der Waals surface area (Å²) in [6.45, 7) is 15.1. The van der Waals surface area contributed by atoms with E-state index in [9.17, 15) is 0 Å². The van der Waals surface area contributed by atoms with Crippen molar-refractivity contribution in [2.24, 2.45) is 7.05 Å². The van der Waals surface area contributed by atoms with E-state index in [-0.39, 0.29) is 0 Å². The molecule has 1 nitrogen and oxygen atoms in total. The van der Waals surface area contributed by atoms with Gasteiger partial charge in [0.25, 0.3) is 0 Å². The first-order valence-corrected chi connectivity index (χ1v) is 19.4. The first-order chi connectivity index (χ1) is 14.5. The Labute approximate surface area is 193 Å². The van der Waals surface area contributed by atoms with Gasteiger partial charge in [-0.1, -0.05) is 69.4 Å². The Bertz CT molecular complexity index is 939. The average Bonchev–Trinajstić information content (AvgIpc) is 2.71. The fourth-order valence-electron chi connectivity index (χ4n) is 5.98. The van der Waals surface area contributed by atoms with Crippen LogP contribution in [0.5, 0.6) is 0 Å². The fraction of sp³-hybridized carbons (Fsp3) is 0.607. The summed E-state index contributed by atoms with van der Waals surface area (Å²) in [5, 5.41) is 0. The molecule has 2 aliphatic heterocycles. The van der Waals surface area contributed by atoms with Crippen LogP contribution < -0.4 is 4.57 Å². The van der Waals surface area contributed by atoms with Crippen molar-refractivity contribution in [2.75, 3.05) is 0 Å². The second-order valence-electron chi connectivity index (χ2n) is 12.7. The molecule has 0 radical (unpaired) electrons. The SMILES string of the molecule is Cc1cc(C2(C)CC[Si](C)(C)CC2)ccc1-c1ccc(C2CC[Si](C)(C)CC2)c[n+]1C. The van der Waals surface area contributed by atoms with E-state index in [4.69, 9.17) is 0 Å². The summed E-state index contributed by atoms with van der Waals surface area (Å²) in [5.41, 5.74) is 7.65. The van der Waals surface area contributed by atoms with E-state index in [1.807, 2.05) is 0 Å². The van der Waals surface area contributed by atoms with E-state index >= 15 is 0 Å². The third kappa shape index (κ3) is 4.93. The van der Waals surface area contributed by atoms with Crippen LogP contribution in [-0.2, 0) is 12.5 Å². The number of rotatable bonds is 3. The lowest BCUT2D eigenvalue weighted by molar-refractivity contribution is -0.660. The highest BCUT2D eigenvalue weighted by molar-refractivity contribution is 6.77. The third-order valence-corrected chi connectivity index (χ3v) is 15.4. The van der Waals surface area contributed by atoms with Gasteiger partial charge in [-0.05, 0) is 67.2 Å². The first kappa shape index (κ1) is 23.0. The standard InChI is InChI=1S/C28H44NSi2/c1-22-20-25(28(2)14-18-31(6,7)19-15-28)9-10-26(22)27-11-8-24(21-29(27)3)23-12-16-30(4,5)17-13-23/h8-11,20-21,23H,12-19H2,1-7H3/q+1. The van der Waals surface area contributed by atoms with Crippen LogP contribution in [-0.4, -0.2) is 16.1 Å². The fourth-order valence-corrected chi connectivity index (χ4v) is 11.2. The van der Waals surface area contributed by atoms with E-state index < -0.39 is 16.1 Å². The molecule has 0 unspecified atom stereocenters. The van der Waals surface area contributed by atoms with Crippen molar-refractivity contribution in [1.82, 2.24) is 0 Å². The molecule has 0 aliphatic carbocycles. The number of aromatic nitrogens is 1. The smallest absolute Gasteiger partial charge is 0.201 e. The minimum atomic E-state index is -0.926. The van der Waals surface area contributed by atoms with Crippen LogP contribution in [0, 0.1) is 6.92 Å². The molecular formula is C28H44NSi2+. The molecule has 0 amide bonds. The second-order valence-corrected chi connectivity index (χ2v) is 23.3. The summed E-state index contributed by atoms with van der Waals surface area (Å²) in [4.78, 5) is 0. The summed E-state index contributed by atoms with van der Waals surface area (Å²) in [7, 11) is 0.424. The van der Waals surface area contributed by atoms with Crippen molar-refractivity contribution in [3.63, 3.8) is 0 Å². The van der Waals surface area contributed by atoms with Crippen molar-refractivity contribution in [2.45, 2.75) is 101 Å². The highest BCUT2D eigenvalue weighted by Crippen LogP contribution is 2.44. The van der Waals surface area contributed by atoms with Gasteiger partial charge in [0.05, 0.1) is 0 Å². The van der Waals surface area contributed by atoms with E-state index in [0.29, 0.717) is 5.41 Å². The number of hydrogen-bond acceptors (Lipinski definition) is 0. The zero-order valence-corrected chi connectivity index (χ0v) is 23.1. The van der Waals surface area contributed by atoms with Gasteiger partial charge < -0.3 is 0 Å². The molecule has 3 heterocycles. The summed E-state index contributed by atoms with van der Waals surface area (Å²) >= 11 is 0. The van der Waals surface area contributed by atoms with Crippen molar-refractivity contribution in [3.8, 4) is 11.3 Å². The van der Waals surface area contributed by atoms with E-state index in [2.05, 4.69) is 88.2 Å². The summed E-state index contributed by atoms with van der Waals surface area (Å²) in [5.74, 6) is 0.767. The average molecular weight is 451 g/mol. The number of pyridine rings is 1. The molecule has 2 saturated heterocycles. The van der Waals surface area contributed by atoms with Gasteiger partial charge in [0.1, 0.15) is 7.05 Å². The molecule has 0 spiro atoms. The third-order valence-electron chi connectivity index (χ3n) is 8.87. The minimum Gasteiger partial charge on any atom is -0.201 e. The van der Waals surface area contributed by atoms with Crippen LogP contribution in [0.15, 0.2) is 36.5 Å². The van der Waals surface area contributed by atoms with Gasteiger partial charge in [-0.15, -0.1) is 0 Å². The topological polar surface area (TPSA) is 3.88 Å². The van der Waals surface area contributed by atoms with Crippen molar-refractivity contribution >= 4 is 16.1 Å². The highest BCUT2D eigenvalue weighted by Gasteiger charge is 2.37. The quantitative estimate of drug-likeness (QED) is 0.331. The summed E-state index contributed by atoms with van der Waals surface area (Å²) in [6, 6.07) is 18.1. The highest BCUT2D eigenvalue weighted by atomic mass is 28.3. The molecule has 2 aromatic rings. The molecule has 1 aromatic heterocycles. The lowest BCUT2D eigenvalue weighted by Gasteiger charge is -2.41. The Hall–Kier alpha value is -1.20. The lowest BCUT2D eigenvalue weighted by Crippen LogP contribution is -2.38. The van der Waals surface area contributed by atoms with Gasteiger partial charge in [0.2, 0.25) is 5.69 Å². The van der Waals surface area contributed by atoms with Crippen LogP contribution in [0.2, 0.25) is 50.4 Å². The molecule has 0 atom stereocenters. The number of benzene rings is 1. The molecule has 4 rings (SSSR count). The normalized spacial score (nSPS) is 22.9. The van der Waals surface area contributed by atoms with Crippen LogP contribution in [0.25, 0.3) is 11.3 Å². The maximum absolute atomic E-state index is 2.57. The molecule has 2 fully saturated rings. The van der Waals surface area contributed by atoms with Crippen molar-refractivity contribution < 1.29 is 4.57 Å². The Balaban J connectivity index is 1.55. The zero-order chi connectivity index (χ0) is 22.4. The molecule has 0 N–H and O–H groups in total. The Kier molecular flexibility index (Phi) is 6.15. The van der Waals surface area contributed by atoms with Crippen molar-refractivity contribution in [1.29, 1.82) is 0 Å². The monoisotopic (exact) mass is 450 g/mol. The van der Waals surface area contributed by atoms with E-state index in [1.165, 1.54) is 66.7 Å². The molecule has 31 heavy (non-hydrogen) atoms. The predicted molar refractivity (Wildman–Crippen MR) is 141 cm³/mol. The molecule has 168 valence electrons.